The number of nitrogens with one attached hydrogen (secondary N) is 1. The molecule has 0 radical (unpaired) electrons. The highest BCUT2D eigenvalue weighted by atomic mass is 16.5. The predicted molar refractivity (Wildman–Crippen MR) is 60.8 cm³/mol. The van der Waals surface area contributed by atoms with Gasteiger partial charge in [-0.15, -0.1) is 0 Å². The lowest BCUT2D eigenvalue weighted by Crippen LogP contribution is -2.36. The van der Waals surface area contributed by atoms with Gasteiger partial charge in [-0.3, -0.25) is 9.59 Å². The lowest BCUT2D eigenvalue weighted by Gasteiger charge is -2.19. The highest BCUT2D eigenvalue weighted by molar-refractivity contribution is 6.07. The number of carbonyl (C=O) groups is 2. The minimum Gasteiger partial charge on any atom is -0.497 e. The first-order chi connectivity index (χ1) is 7.97. The molecule has 17 heavy (non-hydrogen) atoms. The second kappa shape index (κ2) is 3.85. The maximum atomic E-state index is 11.7. The van der Waals surface area contributed by atoms with E-state index >= 15 is 0 Å². The zero-order valence-corrected chi connectivity index (χ0v) is 9.61. The van der Waals surface area contributed by atoms with E-state index in [-0.39, 0.29) is 12.2 Å². The Balaban J connectivity index is 2.51. The molecule has 0 spiro atoms. The lowest BCUT2D eigenvalue weighted by atomic mass is 9.90. The fourth-order valence-electron chi connectivity index (χ4n) is 1.99. The maximum Gasteiger partial charge on any atom is 0.261 e. The molecule has 1 aliphatic rings. The molecule has 0 saturated heterocycles. The minimum atomic E-state index is -1.78. The largest absolute Gasteiger partial charge is 0.497 e. The molecule has 0 bridgehead atoms. The number of fused-ring (bicyclic) bond motifs is 1. The van der Waals surface area contributed by atoms with Gasteiger partial charge in [0.2, 0.25) is 0 Å². The molecule has 1 heterocycles. The van der Waals surface area contributed by atoms with Gasteiger partial charge in [0.25, 0.3) is 5.91 Å². The molecule has 1 aromatic rings. The standard InChI is InChI=1S/C12H13NO4/c1-7(14)6-12(16)9-5-8(17-2)3-4-10(9)13-11(12)15/h3-5,16H,6H2,1-2H3,(H,13,15). The molecular formula is C12H13NO4. The van der Waals surface area contributed by atoms with Crippen molar-refractivity contribution in [2.24, 2.45) is 0 Å². The van der Waals surface area contributed by atoms with Crippen molar-refractivity contribution in [2.75, 3.05) is 12.4 Å². The Morgan fingerprint density at radius 3 is 2.82 bits per heavy atom. The van der Waals surface area contributed by atoms with Gasteiger partial charge in [0, 0.05) is 17.7 Å². The first kappa shape index (κ1) is 11.6. The summed E-state index contributed by atoms with van der Waals surface area (Å²) in [7, 11) is 1.50. The normalized spacial score (nSPS) is 21.9. The van der Waals surface area contributed by atoms with Crippen LogP contribution in [-0.2, 0) is 15.2 Å². The highest BCUT2D eigenvalue weighted by Crippen LogP contribution is 2.40. The minimum absolute atomic E-state index is 0.237. The van der Waals surface area contributed by atoms with Gasteiger partial charge in [-0.25, -0.2) is 0 Å². The molecule has 1 unspecified atom stereocenters. The van der Waals surface area contributed by atoms with E-state index in [0.717, 1.165) is 0 Å². The molecule has 5 nitrogen and oxygen atoms in total. The molecule has 0 aromatic heterocycles. The quantitative estimate of drug-likeness (QED) is 0.813. The van der Waals surface area contributed by atoms with E-state index in [1.807, 2.05) is 0 Å². The van der Waals surface area contributed by atoms with Crippen LogP contribution in [0.5, 0.6) is 5.75 Å². The number of amides is 1. The molecule has 1 atom stereocenters. The smallest absolute Gasteiger partial charge is 0.261 e. The fraction of sp³-hybridized carbons (Fsp3) is 0.333. The molecule has 1 amide bonds. The van der Waals surface area contributed by atoms with E-state index in [1.165, 1.54) is 14.0 Å². The van der Waals surface area contributed by atoms with Crippen molar-refractivity contribution in [1.82, 2.24) is 0 Å². The number of aliphatic hydroxyl groups is 1. The van der Waals surface area contributed by atoms with Crippen molar-refractivity contribution in [3.63, 3.8) is 0 Å². The Bertz CT molecular complexity index is 497. The Morgan fingerprint density at radius 1 is 1.53 bits per heavy atom. The van der Waals surface area contributed by atoms with Crippen LogP contribution < -0.4 is 10.1 Å². The molecule has 0 fully saturated rings. The average molecular weight is 235 g/mol. The number of hydrogen-bond donors (Lipinski definition) is 2. The van der Waals surface area contributed by atoms with Gasteiger partial charge in [-0.2, -0.15) is 0 Å². The number of ketones is 1. The summed E-state index contributed by atoms with van der Waals surface area (Å²) < 4.78 is 5.04. The van der Waals surface area contributed by atoms with Crippen molar-refractivity contribution in [3.8, 4) is 5.75 Å². The van der Waals surface area contributed by atoms with Gasteiger partial charge in [-0.05, 0) is 25.1 Å². The maximum absolute atomic E-state index is 11.7. The predicted octanol–water partition coefficient (Wildman–Crippen LogP) is 0.814. The van der Waals surface area contributed by atoms with Crippen LogP contribution in [0.2, 0.25) is 0 Å². The Kier molecular flexibility index (Phi) is 2.63. The molecule has 0 aliphatic carbocycles. The van der Waals surface area contributed by atoms with Gasteiger partial charge in [0.05, 0.1) is 7.11 Å². The summed E-state index contributed by atoms with van der Waals surface area (Å²) in [6.45, 7) is 1.34. The molecule has 0 saturated carbocycles. The molecule has 90 valence electrons. The van der Waals surface area contributed by atoms with Crippen LogP contribution in [0.25, 0.3) is 0 Å². The van der Waals surface area contributed by atoms with Crippen molar-refractivity contribution in [3.05, 3.63) is 23.8 Å². The molecule has 5 heteroatoms. The third-order valence-corrected chi connectivity index (χ3v) is 2.80. The first-order valence-corrected chi connectivity index (χ1v) is 5.19. The topological polar surface area (TPSA) is 75.6 Å². The van der Waals surface area contributed by atoms with Crippen LogP contribution in [0.15, 0.2) is 18.2 Å². The SMILES string of the molecule is COc1ccc2c(c1)C(O)(CC(C)=O)C(=O)N2. The monoisotopic (exact) mass is 235 g/mol. The van der Waals surface area contributed by atoms with E-state index in [9.17, 15) is 14.7 Å². The molecule has 2 rings (SSSR count). The van der Waals surface area contributed by atoms with E-state index < -0.39 is 11.5 Å². The second-order valence-electron chi connectivity index (χ2n) is 4.10. The molecule has 2 N–H and O–H groups in total. The van der Waals surface area contributed by atoms with Crippen LogP contribution >= 0.6 is 0 Å². The van der Waals surface area contributed by atoms with E-state index in [0.29, 0.717) is 17.0 Å². The first-order valence-electron chi connectivity index (χ1n) is 5.19. The van der Waals surface area contributed by atoms with Gasteiger partial charge < -0.3 is 15.2 Å². The van der Waals surface area contributed by atoms with Crippen molar-refractivity contribution in [2.45, 2.75) is 18.9 Å². The molecular weight excluding hydrogens is 222 g/mol. The Hall–Kier alpha value is -1.88. The van der Waals surface area contributed by atoms with Gasteiger partial charge in [0.1, 0.15) is 11.5 Å². The zero-order chi connectivity index (χ0) is 12.6. The third-order valence-electron chi connectivity index (χ3n) is 2.80. The van der Waals surface area contributed by atoms with Crippen molar-refractivity contribution >= 4 is 17.4 Å². The Morgan fingerprint density at radius 2 is 2.24 bits per heavy atom. The van der Waals surface area contributed by atoms with Crippen LogP contribution in [0.3, 0.4) is 0 Å². The average Bonchev–Trinajstić information content (AvgIpc) is 2.50. The van der Waals surface area contributed by atoms with E-state index in [4.69, 9.17) is 4.74 Å². The highest BCUT2D eigenvalue weighted by Gasteiger charge is 2.46. The van der Waals surface area contributed by atoms with Crippen LogP contribution in [0, 0.1) is 0 Å². The summed E-state index contributed by atoms with van der Waals surface area (Å²) in [6, 6.07) is 4.89. The summed E-state index contributed by atoms with van der Waals surface area (Å²) >= 11 is 0. The lowest BCUT2D eigenvalue weighted by molar-refractivity contribution is -0.139. The van der Waals surface area contributed by atoms with Crippen LogP contribution in [0.4, 0.5) is 5.69 Å². The summed E-state index contributed by atoms with van der Waals surface area (Å²) in [6.07, 6.45) is -0.237. The second-order valence-corrected chi connectivity index (χ2v) is 4.10. The number of anilines is 1. The van der Waals surface area contributed by atoms with Crippen molar-refractivity contribution < 1.29 is 19.4 Å². The molecule has 1 aromatic carbocycles. The number of benzene rings is 1. The summed E-state index contributed by atoms with van der Waals surface area (Å²) in [5, 5.41) is 12.9. The summed E-state index contributed by atoms with van der Waals surface area (Å²) in [5.41, 5.74) is -0.882. The number of Topliss-reactive ketones (excluding diaryl/α,β-unsaturated/α-hetero) is 1. The number of ether oxygens (including phenoxy) is 1. The van der Waals surface area contributed by atoms with Crippen LogP contribution in [-0.4, -0.2) is 23.9 Å². The molecule has 1 aliphatic heterocycles. The zero-order valence-electron chi connectivity index (χ0n) is 9.61. The number of hydrogen-bond acceptors (Lipinski definition) is 4. The van der Waals surface area contributed by atoms with Gasteiger partial charge in [0.15, 0.2) is 5.60 Å². The third kappa shape index (κ3) is 1.78. The van der Waals surface area contributed by atoms with Gasteiger partial charge in [-0.1, -0.05) is 0 Å². The number of carbonyl (C=O) groups excluding carboxylic acids is 2. The van der Waals surface area contributed by atoms with Crippen molar-refractivity contribution in [1.29, 1.82) is 0 Å². The number of rotatable bonds is 3. The Labute approximate surface area is 98.4 Å². The van der Waals surface area contributed by atoms with Gasteiger partial charge >= 0.3 is 0 Å². The summed E-state index contributed by atoms with van der Waals surface area (Å²) in [4.78, 5) is 22.9. The summed E-state index contributed by atoms with van der Waals surface area (Å²) in [5.74, 6) is -0.295. The fourth-order valence-corrected chi connectivity index (χ4v) is 1.99. The van der Waals surface area contributed by atoms with E-state index in [2.05, 4.69) is 5.32 Å². The van der Waals surface area contributed by atoms with E-state index in [1.54, 1.807) is 18.2 Å². The van der Waals surface area contributed by atoms with Crippen LogP contribution in [0.1, 0.15) is 18.9 Å². The number of methoxy groups -OCH3 is 1.